The van der Waals surface area contributed by atoms with Gasteiger partial charge in [-0.2, -0.15) is 4.98 Å². The molecule has 8 nitrogen and oxygen atoms in total. The van der Waals surface area contributed by atoms with Crippen LogP contribution in [0.25, 0.3) is 17.3 Å². The Labute approximate surface area is 185 Å². The molecule has 2 aromatic carbocycles. The molecule has 164 valence electrons. The number of carbonyl (C=O) groups excluding carboxylic acids is 1. The van der Waals surface area contributed by atoms with E-state index in [-0.39, 0.29) is 11.9 Å². The lowest BCUT2D eigenvalue weighted by Gasteiger charge is -2.07. The van der Waals surface area contributed by atoms with Gasteiger partial charge in [0.05, 0.1) is 25.7 Å². The van der Waals surface area contributed by atoms with Crippen molar-refractivity contribution in [1.29, 1.82) is 0 Å². The topological polar surface area (TPSA) is 91.4 Å². The average Bonchev–Trinajstić information content (AvgIpc) is 3.50. The second kappa shape index (κ2) is 9.82. The summed E-state index contributed by atoms with van der Waals surface area (Å²) < 4.78 is 18.2. The van der Waals surface area contributed by atoms with E-state index in [0.717, 1.165) is 22.7 Å². The summed E-state index contributed by atoms with van der Waals surface area (Å²) in [4.78, 5) is 16.1. The molecular formula is C24H24N4O4. The maximum atomic E-state index is 11.6. The van der Waals surface area contributed by atoms with Crippen LogP contribution in [0, 0.1) is 0 Å². The molecule has 1 amide bonds. The van der Waals surface area contributed by atoms with Crippen LogP contribution in [0.5, 0.6) is 11.8 Å². The van der Waals surface area contributed by atoms with Crippen LogP contribution < -0.4 is 14.8 Å². The van der Waals surface area contributed by atoms with Crippen molar-refractivity contribution in [1.82, 2.24) is 14.8 Å². The fourth-order valence-electron chi connectivity index (χ4n) is 3.09. The molecule has 0 unspecified atom stereocenters. The fourth-order valence-corrected chi connectivity index (χ4v) is 3.09. The highest BCUT2D eigenvalue weighted by Crippen LogP contribution is 2.25. The van der Waals surface area contributed by atoms with E-state index in [4.69, 9.17) is 13.9 Å². The number of hydrogen-bond donors (Lipinski definition) is 1. The van der Waals surface area contributed by atoms with Gasteiger partial charge < -0.3 is 19.2 Å². The number of nitrogens with zero attached hydrogens (tertiary/aromatic N) is 3. The summed E-state index contributed by atoms with van der Waals surface area (Å²) in [6, 6.07) is 19.1. The highest BCUT2D eigenvalue weighted by Gasteiger charge is 2.17. The molecule has 0 aliphatic carbocycles. The zero-order valence-electron chi connectivity index (χ0n) is 17.9. The van der Waals surface area contributed by atoms with E-state index in [0.29, 0.717) is 31.0 Å². The largest absolute Gasteiger partial charge is 0.497 e. The summed E-state index contributed by atoms with van der Waals surface area (Å²) in [6.45, 7) is 2.24. The van der Waals surface area contributed by atoms with Crippen LogP contribution in [-0.2, 0) is 11.2 Å². The average molecular weight is 432 g/mol. The Bertz CT molecular complexity index is 1150. The Hall–Kier alpha value is -4.07. The van der Waals surface area contributed by atoms with Gasteiger partial charge >= 0.3 is 6.01 Å². The van der Waals surface area contributed by atoms with Crippen molar-refractivity contribution in [2.24, 2.45) is 0 Å². The number of rotatable bonds is 9. The number of nitrogens with one attached hydrogen (secondary N) is 1. The van der Waals surface area contributed by atoms with Crippen molar-refractivity contribution in [3.8, 4) is 29.0 Å². The van der Waals surface area contributed by atoms with E-state index >= 15 is 0 Å². The van der Waals surface area contributed by atoms with Crippen LogP contribution in [0.4, 0.5) is 5.69 Å². The number of amides is 1. The minimum absolute atomic E-state index is 0.0395. The number of methoxy groups -OCH3 is 1. The van der Waals surface area contributed by atoms with E-state index < -0.39 is 0 Å². The molecule has 0 saturated carbocycles. The van der Waals surface area contributed by atoms with Crippen molar-refractivity contribution >= 4 is 11.6 Å². The number of furan rings is 1. The molecule has 0 spiro atoms. The van der Waals surface area contributed by atoms with E-state index in [1.165, 1.54) is 0 Å². The Morgan fingerprint density at radius 3 is 2.53 bits per heavy atom. The third-order valence-corrected chi connectivity index (χ3v) is 4.83. The standard InChI is InChI=1S/C24H24N4O4/c1-3-22(29)25-18-8-10-19(11-9-18)28-23(21-5-4-15-31-21)26-24(27-28)32-16-14-17-6-12-20(30-2)13-7-17/h4-13,15H,3,14,16H2,1-2H3,(H,25,29). The van der Waals surface area contributed by atoms with E-state index in [2.05, 4.69) is 15.4 Å². The lowest BCUT2D eigenvalue weighted by Crippen LogP contribution is -2.09. The highest BCUT2D eigenvalue weighted by atomic mass is 16.5. The molecule has 0 radical (unpaired) electrons. The van der Waals surface area contributed by atoms with Crippen molar-refractivity contribution in [3.05, 3.63) is 72.5 Å². The Kier molecular flexibility index (Phi) is 6.50. The van der Waals surface area contributed by atoms with Crippen molar-refractivity contribution < 1.29 is 18.7 Å². The predicted molar refractivity (Wildman–Crippen MR) is 120 cm³/mol. The van der Waals surface area contributed by atoms with Gasteiger partial charge in [-0.3, -0.25) is 4.79 Å². The molecule has 2 aromatic heterocycles. The van der Waals surface area contributed by atoms with Crippen molar-refractivity contribution in [2.75, 3.05) is 19.0 Å². The van der Waals surface area contributed by atoms with Gasteiger partial charge in [-0.05, 0) is 54.1 Å². The number of hydrogen-bond acceptors (Lipinski definition) is 6. The van der Waals surface area contributed by atoms with Crippen LogP contribution in [0.15, 0.2) is 71.3 Å². The molecule has 0 aliphatic heterocycles. The number of benzene rings is 2. The third kappa shape index (κ3) is 4.97. The van der Waals surface area contributed by atoms with Crippen molar-refractivity contribution in [2.45, 2.75) is 19.8 Å². The minimum atomic E-state index is -0.0395. The van der Waals surface area contributed by atoms with E-state index in [1.807, 2.05) is 61.5 Å². The van der Waals surface area contributed by atoms with Crippen LogP contribution in [0.2, 0.25) is 0 Å². The molecule has 2 heterocycles. The maximum absolute atomic E-state index is 11.6. The molecule has 32 heavy (non-hydrogen) atoms. The Morgan fingerprint density at radius 1 is 1.09 bits per heavy atom. The maximum Gasteiger partial charge on any atom is 0.336 e. The molecule has 0 fully saturated rings. The van der Waals surface area contributed by atoms with E-state index in [1.54, 1.807) is 24.1 Å². The van der Waals surface area contributed by atoms with Gasteiger partial charge in [0.2, 0.25) is 11.7 Å². The highest BCUT2D eigenvalue weighted by molar-refractivity contribution is 5.90. The number of carbonyl (C=O) groups is 1. The Morgan fingerprint density at radius 2 is 1.88 bits per heavy atom. The zero-order chi connectivity index (χ0) is 22.3. The molecule has 0 aliphatic rings. The molecule has 0 bridgehead atoms. The van der Waals surface area contributed by atoms with Crippen LogP contribution in [-0.4, -0.2) is 34.4 Å². The first-order valence-corrected chi connectivity index (χ1v) is 10.3. The van der Waals surface area contributed by atoms with Gasteiger partial charge in [0, 0.05) is 18.5 Å². The second-order valence-corrected chi connectivity index (χ2v) is 7.00. The number of ether oxygens (including phenoxy) is 2. The van der Waals surface area contributed by atoms with Crippen LogP contribution in [0.1, 0.15) is 18.9 Å². The van der Waals surface area contributed by atoms with Gasteiger partial charge in [-0.25, -0.2) is 4.68 Å². The van der Waals surface area contributed by atoms with Crippen LogP contribution in [0.3, 0.4) is 0 Å². The number of aromatic nitrogens is 3. The third-order valence-electron chi connectivity index (χ3n) is 4.83. The summed E-state index contributed by atoms with van der Waals surface area (Å²) in [5.41, 5.74) is 2.61. The summed E-state index contributed by atoms with van der Waals surface area (Å²) >= 11 is 0. The molecule has 0 saturated heterocycles. The van der Waals surface area contributed by atoms with Gasteiger partial charge in [0.1, 0.15) is 5.75 Å². The zero-order valence-corrected chi connectivity index (χ0v) is 17.9. The number of anilines is 1. The van der Waals surface area contributed by atoms with Gasteiger partial charge in [-0.1, -0.05) is 19.1 Å². The predicted octanol–water partition coefficient (Wildman–Crippen LogP) is 4.51. The van der Waals surface area contributed by atoms with E-state index in [9.17, 15) is 4.79 Å². The molecule has 8 heteroatoms. The SMILES string of the molecule is CCC(=O)Nc1ccc(-n2nc(OCCc3ccc(OC)cc3)nc2-c2ccco2)cc1. The van der Waals surface area contributed by atoms with Gasteiger partial charge in [-0.15, -0.1) is 5.10 Å². The summed E-state index contributed by atoms with van der Waals surface area (Å²) in [7, 11) is 1.64. The molecule has 4 rings (SSSR count). The molecule has 4 aromatic rings. The quantitative estimate of drug-likeness (QED) is 0.419. The summed E-state index contributed by atoms with van der Waals surface area (Å²) in [5, 5.41) is 7.35. The molecular weight excluding hydrogens is 408 g/mol. The summed E-state index contributed by atoms with van der Waals surface area (Å²) in [6.07, 6.45) is 2.72. The first-order valence-electron chi connectivity index (χ1n) is 10.3. The first kappa shape index (κ1) is 21.2. The summed E-state index contributed by atoms with van der Waals surface area (Å²) in [5.74, 6) is 1.88. The monoisotopic (exact) mass is 432 g/mol. The molecule has 1 N–H and O–H groups in total. The second-order valence-electron chi connectivity index (χ2n) is 7.00. The molecule has 0 atom stereocenters. The lowest BCUT2D eigenvalue weighted by molar-refractivity contribution is -0.115. The first-order chi connectivity index (χ1) is 15.7. The van der Waals surface area contributed by atoms with Crippen LogP contribution >= 0.6 is 0 Å². The minimum Gasteiger partial charge on any atom is -0.497 e. The smallest absolute Gasteiger partial charge is 0.336 e. The van der Waals surface area contributed by atoms with Crippen molar-refractivity contribution in [3.63, 3.8) is 0 Å². The van der Waals surface area contributed by atoms with Gasteiger partial charge in [0.15, 0.2) is 5.76 Å². The lowest BCUT2D eigenvalue weighted by atomic mass is 10.1. The van der Waals surface area contributed by atoms with Gasteiger partial charge in [0.25, 0.3) is 0 Å². The normalized spacial score (nSPS) is 10.7. The fraction of sp³-hybridized carbons (Fsp3) is 0.208. The Balaban J connectivity index is 1.51.